The minimum absolute atomic E-state index is 0.0942. The van der Waals surface area contributed by atoms with Crippen LogP contribution in [-0.2, 0) is 9.59 Å². The molecule has 1 rings (SSSR count). The molecule has 2 N–H and O–H groups in total. The highest BCUT2D eigenvalue weighted by Crippen LogP contribution is 2.47. The van der Waals surface area contributed by atoms with Crippen molar-refractivity contribution in [1.82, 2.24) is 0 Å². The van der Waals surface area contributed by atoms with Crippen molar-refractivity contribution < 1.29 is 19.8 Å². The van der Waals surface area contributed by atoms with Gasteiger partial charge in [-0.1, -0.05) is 25.5 Å². The average Bonchev–Trinajstić information content (AvgIpc) is 2.19. The molecule has 0 heterocycles. The van der Waals surface area contributed by atoms with E-state index in [1.165, 1.54) is 6.92 Å². The molecule has 0 saturated carbocycles. The fraction of sp³-hybridized carbons (Fsp3) is 0.667. The summed E-state index contributed by atoms with van der Waals surface area (Å²) >= 11 is 0. The van der Waals surface area contributed by atoms with Crippen molar-refractivity contribution in [2.24, 2.45) is 23.2 Å². The van der Waals surface area contributed by atoms with Crippen LogP contribution in [0.5, 0.6) is 0 Å². The van der Waals surface area contributed by atoms with Gasteiger partial charge in [0.25, 0.3) is 0 Å². The summed E-state index contributed by atoms with van der Waals surface area (Å²) in [6.07, 6.45) is 1.58. The lowest BCUT2D eigenvalue weighted by molar-refractivity contribution is -0.164. The monoisotopic (exact) mass is 226 g/mol. The summed E-state index contributed by atoms with van der Waals surface area (Å²) in [6, 6.07) is 0. The lowest BCUT2D eigenvalue weighted by Gasteiger charge is -2.42. The Kier molecular flexibility index (Phi) is 3.13. The van der Waals surface area contributed by atoms with E-state index in [2.05, 4.69) is 0 Å². The third-order valence-corrected chi connectivity index (χ3v) is 4.22. The van der Waals surface area contributed by atoms with Crippen LogP contribution in [0.1, 0.15) is 27.7 Å². The fourth-order valence-electron chi connectivity index (χ4n) is 2.44. The van der Waals surface area contributed by atoms with Gasteiger partial charge in [0.2, 0.25) is 0 Å². The van der Waals surface area contributed by atoms with Crippen LogP contribution in [-0.4, -0.2) is 22.2 Å². The zero-order chi connectivity index (χ0) is 12.7. The van der Waals surface area contributed by atoms with Gasteiger partial charge in [0, 0.05) is 0 Å². The zero-order valence-electron chi connectivity index (χ0n) is 10.0. The molecule has 0 aromatic heterocycles. The van der Waals surface area contributed by atoms with Crippen molar-refractivity contribution in [3.8, 4) is 0 Å². The largest absolute Gasteiger partial charge is 0.481 e. The average molecular weight is 226 g/mol. The lowest BCUT2D eigenvalue weighted by atomic mass is 9.59. The topological polar surface area (TPSA) is 74.6 Å². The van der Waals surface area contributed by atoms with Gasteiger partial charge in [0.1, 0.15) is 0 Å². The third kappa shape index (κ3) is 1.62. The van der Waals surface area contributed by atoms with Gasteiger partial charge in [-0.3, -0.25) is 9.59 Å². The Hall–Kier alpha value is -1.32. The zero-order valence-corrected chi connectivity index (χ0v) is 10.0. The predicted molar refractivity (Wildman–Crippen MR) is 59.0 cm³/mol. The molecule has 0 aromatic rings. The third-order valence-electron chi connectivity index (χ3n) is 4.22. The summed E-state index contributed by atoms with van der Waals surface area (Å²) in [5.74, 6) is -3.16. The molecule has 16 heavy (non-hydrogen) atoms. The first kappa shape index (κ1) is 12.7. The minimum atomic E-state index is -1.23. The SMILES string of the molecule is CC1=CC(C(=O)O)C(C)(C(=O)O)C(C)C1C. The van der Waals surface area contributed by atoms with Crippen LogP contribution in [0.3, 0.4) is 0 Å². The highest BCUT2D eigenvalue weighted by atomic mass is 16.4. The highest BCUT2D eigenvalue weighted by Gasteiger charge is 2.52. The minimum Gasteiger partial charge on any atom is -0.481 e. The molecular formula is C12H18O4. The number of hydrogen-bond donors (Lipinski definition) is 2. The molecule has 4 nitrogen and oxygen atoms in total. The Morgan fingerprint density at radius 1 is 1.31 bits per heavy atom. The van der Waals surface area contributed by atoms with E-state index in [0.29, 0.717) is 0 Å². The van der Waals surface area contributed by atoms with E-state index in [4.69, 9.17) is 5.11 Å². The maximum absolute atomic E-state index is 11.4. The Balaban J connectivity index is 3.33. The summed E-state index contributed by atoms with van der Waals surface area (Å²) in [5.41, 5.74) is -0.274. The molecule has 0 saturated heterocycles. The van der Waals surface area contributed by atoms with Crippen molar-refractivity contribution in [2.45, 2.75) is 27.7 Å². The molecule has 90 valence electrons. The highest BCUT2D eigenvalue weighted by molar-refractivity contribution is 5.85. The quantitative estimate of drug-likeness (QED) is 0.706. The number of carbonyl (C=O) groups is 2. The first-order valence-corrected chi connectivity index (χ1v) is 5.37. The molecule has 4 unspecified atom stereocenters. The van der Waals surface area contributed by atoms with Crippen LogP contribution in [0.15, 0.2) is 11.6 Å². The van der Waals surface area contributed by atoms with Crippen molar-refractivity contribution in [2.75, 3.05) is 0 Å². The summed E-state index contributed by atoms with van der Waals surface area (Å²) in [4.78, 5) is 22.5. The van der Waals surface area contributed by atoms with E-state index in [1.54, 1.807) is 6.08 Å². The Labute approximate surface area is 95.0 Å². The Bertz CT molecular complexity index is 358. The van der Waals surface area contributed by atoms with Crippen molar-refractivity contribution in [3.63, 3.8) is 0 Å². The molecule has 1 aliphatic carbocycles. The molecular weight excluding hydrogens is 208 g/mol. The second-order valence-electron chi connectivity index (χ2n) is 4.89. The van der Waals surface area contributed by atoms with E-state index in [0.717, 1.165) is 5.57 Å². The Morgan fingerprint density at radius 2 is 1.81 bits per heavy atom. The van der Waals surface area contributed by atoms with E-state index in [1.807, 2.05) is 20.8 Å². The van der Waals surface area contributed by atoms with Crippen LogP contribution in [0, 0.1) is 23.2 Å². The number of rotatable bonds is 2. The van der Waals surface area contributed by atoms with E-state index in [9.17, 15) is 14.7 Å². The molecule has 0 fully saturated rings. The van der Waals surface area contributed by atoms with Crippen LogP contribution < -0.4 is 0 Å². The first-order chi connectivity index (χ1) is 7.22. The van der Waals surface area contributed by atoms with Crippen LogP contribution in [0.25, 0.3) is 0 Å². The van der Waals surface area contributed by atoms with Crippen molar-refractivity contribution >= 4 is 11.9 Å². The standard InChI is InChI=1S/C12H18O4/c1-6-5-9(10(13)14)12(4,11(15)16)8(3)7(6)2/h5,7-9H,1-4H3,(H,13,14)(H,15,16). The normalized spacial score (nSPS) is 39.0. The second kappa shape index (κ2) is 3.92. The first-order valence-electron chi connectivity index (χ1n) is 5.37. The van der Waals surface area contributed by atoms with Gasteiger partial charge >= 0.3 is 11.9 Å². The molecule has 0 bridgehead atoms. The molecule has 4 atom stereocenters. The van der Waals surface area contributed by atoms with Gasteiger partial charge in [-0.15, -0.1) is 0 Å². The fourth-order valence-corrected chi connectivity index (χ4v) is 2.44. The molecule has 4 heteroatoms. The van der Waals surface area contributed by atoms with E-state index >= 15 is 0 Å². The molecule has 0 radical (unpaired) electrons. The second-order valence-corrected chi connectivity index (χ2v) is 4.89. The molecule has 0 amide bonds. The molecule has 0 aromatic carbocycles. The maximum Gasteiger partial charge on any atom is 0.311 e. The molecule has 0 aliphatic heterocycles. The van der Waals surface area contributed by atoms with E-state index < -0.39 is 23.3 Å². The van der Waals surface area contributed by atoms with Gasteiger partial charge in [0.15, 0.2) is 0 Å². The number of aliphatic carboxylic acids is 2. The number of allylic oxidation sites excluding steroid dienone is 1. The van der Waals surface area contributed by atoms with Crippen molar-refractivity contribution in [1.29, 1.82) is 0 Å². The van der Waals surface area contributed by atoms with Crippen LogP contribution >= 0.6 is 0 Å². The summed E-state index contributed by atoms with van der Waals surface area (Å²) in [5, 5.41) is 18.4. The lowest BCUT2D eigenvalue weighted by Crippen LogP contribution is -2.49. The van der Waals surface area contributed by atoms with Gasteiger partial charge in [-0.05, 0) is 25.7 Å². The Morgan fingerprint density at radius 3 is 2.19 bits per heavy atom. The van der Waals surface area contributed by atoms with Gasteiger partial charge in [-0.2, -0.15) is 0 Å². The summed E-state index contributed by atoms with van der Waals surface area (Å²) in [7, 11) is 0. The molecule has 1 aliphatic rings. The van der Waals surface area contributed by atoms with Gasteiger partial charge in [-0.25, -0.2) is 0 Å². The van der Waals surface area contributed by atoms with Crippen LogP contribution in [0.2, 0.25) is 0 Å². The van der Waals surface area contributed by atoms with Gasteiger partial charge < -0.3 is 10.2 Å². The predicted octanol–water partition coefficient (Wildman–Crippen LogP) is 2.01. The van der Waals surface area contributed by atoms with Crippen molar-refractivity contribution in [3.05, 3.63) is 11.6 Å². The molecule has 0 spiro atoms. The number of hydrogen-bond acceptors (Lipinski definition) is 2. The number of carboxylic acid groups (broad SMARTS) is 2. The van der Waals surface area contributed by atoms with E-state index in [-0.39, 0.29) is 11.8 Å². The number of carboxylic acids is 2. The maximum atomic E-state index is 11.4. The smallest absolute Gasteiger partial charge is 0.311 e. The summed E-state index contributed by atoms with van der Waals surface area (Å²) < 4.78 is 0. The van der Waals surface area contributed by atoms with Crippen LogP contribution in [0.4, 0.5) is 0 Å². The summed E-state index contributed by atoms with van der Waals surface area (Å²) in [6.45, 7) is 7.14. The van der Waals surface area contributed by atoms with Gasteiger partial charge in [0.05, 0.1) is 11.3 Å².